The molecule has 2 heteroatoms. The summed E-state index contributed by atoms with van der Waals surface area (Å²) in [6.07, 6.45) is 2.58. The third-order valence-corrected chi connectivity index (χ3v) is 3.43. The third kappa shape index (κ3) is 2.81. The number of para-hydroxylation sites is 1. The minimum Gasteiger partial charge on any atom is -0.490 e. The normalized spacial score (nSPS) is 23.3. The molecule has 0 fully saturated rings. The van der Waals surface area contributed by atoms with Gasteiger partial charge in [-0.2, -0.15) is 0 Å². The van der Waals surface area contributed by atoms with E-state index in [1.165, 1.54) is 12.0 Å². The zero-order chi connectivity index (χ0) is 12.3. The lowest BCUT2D eigenvalue weighted by Gasteiger charge is -2.34. The van der Waals surface area contributed by atoms with E-state index in [0.29, 0.717) is 18.1 Å². The summed E-state index contributed by atoms with van der Waals surface area (Å²) >= 11 is 0. The Morgan fingerprint density at radius 1 is 1.35 bits per heavy atom. The summed E-state index contributed by atoms with van der Waals surface area (Å²) in [6.45, 7) is 7.74. The van der Waals surface area contributed by atoms with Gasteiger partial charge in [0.2, 0.25) is 0 Å². The lowest BCUT2D eigenvalue weighted by Crippen LogP contribution is -2.36. The van der Waals surface area contributed by atoms with E-state index in [1.807, 2.05) is 0 Å². The van der Waals surface area contributed by atoms with E-state index in [2.05, 4.69) is 50.4 Å². The molecule has 1 aliphatic rings. The fourth-order valence-corrected chi connectivity index (χ4v) is 2.37. The molecule has 1 heterocycles. The quantitative estimate of drug-likeness (QED) is 0.859. The van der Waals surface area contributed by atoms with Gasteiger partial charge in [-0.15, -0.1) is 0 Å². The first-order valence-electron chi connectivity index (χ1n) is 6.71. The number of benzene rings is 1. The third-order valence-electron chi connectivity index (χ3n) is 3.43. The fraction of sp³-hybridized carbons (Fsp3) is 0.600. The van der Waals surface area contributed by atoms with Gasteiger partial charge in [0, 0.05) is 18.0 Å². The van der Waals surface area contributed by atoms with E-state index in [0.717, 1.165) is 18.7 Å². The lowest BCUT2D eigenvalue weighted by molar-refractivity contribution is 0.107. The molecule has 0 aliphatic carbocycles. The molecule has 0 bridgehead atoms. The van der Waals surface area contributed by atoms with Crippen molar-refractivity contribution in [2.75, 3.05) is 6.54 Å². The average molecular weight is 233 g/mol. The van der Waals surface area contributed by atoms with E-state index >= 15 is 0 Å². The van der Waals surface area contributed by atoms with Crippen molar-refractivity contribution in [2.24, 2.45) is 5.92 Å². The van der Waals surface area contributed by atoms with Gasteiger partial charge in [-0.3, -0.25) is 0 Å². The average Bonchev–Trinajstić information content (AvgIpc) is 2.35. The lowest BCUT2D eigenvalue weighted by atomic mass is 9.91. The summed E-state index contributed by atoms with van der Waals surface area (Å²) in [7, 11) is 0. The Bertz CT molecular complexity index is 362. The zero-order valence-corrected chi connectivity index (χ0v) is 11.1. The van der Waals surface area contributed by atoms with Crippen molar-refractivity contribution in [3.05, 3.63) is 29.8 Å². The Hall–Kier alpha value is -1.02. The molecule has 94 valence electrons. The molecule has 0 amide bonds. The first kappa shape index (κ1) is 12.4. The van der Waals surface area contributed by atoms with Crippen LogP contribution in [0.25, 0.3) is 0 Å². The highest BCUT2D eigenvalue weighted by molar-refractivity contribution is 5.38. The number of hydrogen-bond acceptors (Lipinski definition) is 2. The minimum absolute atomic E-state index is 0.333. The summed E-state index contributed by atoms with van der Waals surface area (Å²) in [5, 5.41) is 3.63. The predicted molar refractivity (Wildman–Crippen MR) is 71.3 cm³/mol. The van der Waals surface area contributed by atoms with Crippen molar-refractivity contribution in [3.8, 4) is 5.75 Å². The van der Waals surface area contributed by atoms with Crippen molar-refractivity contribution in [1.29, 1.82) is 0 Å². The SMILES string of the molecule is CCCNC1CC(C(C)C)Oc2ccccc21. The highest BCUT2D eigenvalue weighted by Crippen LogP contribution is 2.36. The van der Waals surface area contributed by atoms with Crippen LogP contribution in [-0.4, -0.2) is 12.6 Å². The van der Waals surface area contributed by atoms with Crippen LogP contribution in [0.1, 0.15) is 45.2 Å². The van der Waals surface area contributed by atoms with Crippen LogP contribution in [0.3, 0.4) is 0 Å². The second-order valence-corrected chi connectivity index (χ2v) is 5.18. The fourth-order valence-electron chi connectivity index (χ4n) is 2.37. The Kier molecular flexibility index (Phi) is 4.06. The number of rotatable bonds is 4. The van der Waals surface area contributed by atoms with Crippen LogP contribution in [0.2, 0.25) is 0 Å². The number of ether oxygens (including phenoxy) is 1. The molecule has 0 saturated heterocycles. The Morgan fingerprint density at radius 2 is 2.12 bits per heavy atom. The first-order chi connectivity index (χ1) is 8.22. The topological polar surface area (TPSA) is 21.3 Å². The van der Waals surface area contributed by atoms with Crippen molar-refractivity contribution in [2.45, 2.75) is 45.8 Å². The maximum Gasteiger partial charge on any atom is 0.124 e. The summed E-state index contributed by atoms with van der Waals surface area (Å²) in [6, 6.07) is 8.87. The molecule has 0 saturated carbocycles. The van der Waals surface area contributed by atoms with Gasteiger partial charge in [-0.25, -0.2) is 0 Å². The van der Waals surface area contributed by atoms with E-state index in [9.17, 15) is 0 Å². The van der Waals surface area contributed by atoms with Crippen LogP contribution in [0.15, 0.2) is 24.3 Å². The van der Waals surface area contributed by atoms with Gasteiger partial charge in [0.25, 0.3) is 0 Å². The van der Waals surface area contributed by atoms with Crippen molar-refractivity contribution in [3.63, 3.8) is 0 Å². The molecule has 1 N–H and O–H groups in total. The largest absolute Gasteiger partial charge is 0.490 e. The monoisotopic (exact) mass is 233 g/mol. The summed E-state index contributed by atoms with van der Waals surface area (Å²) in [4.78, 5) is 0. The Morgan fingerprint density at radius 3 is 2.82 bits per heavy atom. The molecule has 1 aliphatic heterocycles. The molecule has 0 aromatic heterocycles. The highest BCUT2D eigenvalue weighted by atomic mass is 16.5. The maximum absolute atomic E-state index is 6.06. The van der Waals surface area contributed by atoms with Gasteiger partial charge in [0.15, 0.2) is 0 Å². The van der Waals surface area contributed by atoms with Crippen LogP contribution in [0.4, 0.5) is 0 Å². The summed E-state index contributed by atoms with van der Waals surface area (Å²) in [5.41, 5.74) is 1.32. The van der Waals surface area contributed by atoms with Gasteiger partial charge in [0.05, 0.1) is 0 Å². The van der Waals surface area contributed by atoms with Gasteiger partial charge in [0.1, 0.15) is 11.9 Å². The van der Waals surface area contributed by atoms with E-state index in [-0.39, 0.29) is 0 Å². The zero-order valence-electron chi connectivity index (χ0n) is 11.1. The van der Waals surface area contributed by atoms with Gasteiger partial charge in [-0.1, -0.05) is 39.0 Å². The predicted octanol–water partition coefficient (Wildman–Crippen LogP) is 3.53. The van der Waals surface area contributed by atoms with Gasteiger partial charge in [-0.05, 0) is 24.9 Å². The Balaban J connectivity index is 2.19. The molecule has 2 unspecified atom stereocenters. The summed E-state index contributed by atoms with van der Waals surface area (Å²) < 4.78 is 6.06. The van der Waals surface area contributed by atoms with E-state index in [1.54, 1.807) is 0 Å². The van der Waals surface area contributed by atoms with Crippen LogP contribution in [-0.2, 0) is 0 Å². The first-order valence-corrected chi connectivity index (χ1v) is 6.71. The van der Waals surface area contributed by atoms with Gasteiger partial charge < -0.3 is 10.1 Å². The molecule has 1 aromatic rings. The molecular formula is C15H23NO. The second-order valence-electron chi connectivity index (χ2n) is 5.18. The van der Waals surface area contributed by atoms with Crippen LogP contribution < -0.4 is 10.1 Å². The molecule has 2 atom stereocenters. The number of hydrogen-bond donors (Lipinski definition) is 1. The van der Waals surface area contributed by atoms with Gasteiger partial charge >= 0.3 is 0 Å². The van der Waals surface area contributed by atoms with Crippen LogP contribution in [0, 0.1) is 5.92 Å². The number of nitrogens with one attached hydrogen (secondary N) is 1. The molecular weight excluding hydrogens is 210 g/mol. The molecule has 2 nitrogen and oxygen atoms in total. The van der Waals surface area contributed by atoms with E-state index < -0.39 is 0 Å². The molecule has 2 rings (SSSR count). The summed E-state index contributed by atoms with van der Waals surface area (Å²) in [5.74, 6) is 1.63. The highest BCUT2D eigenvalue weighted by Gasteiger charge is 2.29. The van der Waals surface area contributed by atoms with Crippen molar-refractivity contribution in [1.82, 2.24) is 5.32 Å². The molecule has 17 heavy (non-hydrogen) atoms. The smallest absolute Gasteiger partial charge is 0.124 e. The van der Waals surface area contributed by atoms with Crippen molar-refractivity contribution < 1.29 is 4.74 Å². The molecule has 0 spiro atoms. The molecule has 1 aromatic carbocycles. The minimum atomic E-state index is 0.333. The van der Waals surface area contributed by atoms with Crippen LogP contribution in [0.5, 0.6) is 5.75 Å². The second kappa shape index (κ2) is 5.54. The Labute approximate surface area is 104 Å². The van der Waals surface area contributed by atoms with Crippen molar-refractivity contribution >= 4 is 0 Å². The van der Waals surface area contributed by atoms with Crippen LogP contribution >= 0.6 is 0 Å². The maximum atomic E-state index is 6.06. The number of fused-ring (bicyclic) bond motifs is 1. The van der Waals surface area contributed by atoms with E-state index in [4.69, 9.17) is 4.74 Å². The standard InChI is InChI=1S/C15H23NO/c1-4-9-16-13-10-15(11(2)3)17-14-8-6-5-7-12(13)14/h5-8,11,13,15-16H,4,9-10H2,1-3H3. The molecule has 0 radical (unpaired) electrons.